The molecule has 4 rings (SSSR count). The molecule has 132 valence electrons. The van der Waals surface area contributed by atoms with Gasteiger partial charge in [-0.05, 0) is 50.3 Å². The number of hydrogen-bond acceptors (Lipinski definition) is 4. The van der Waals surface area contributed by atoms with Gasteiger partial charge in [0.25, 0.3) is 5.56 Å². The fourth-order valence-electron chi connectivity index (χ4n) is 3.98. The number of piperidine rings is 1. The monoisotopic (exact) mass is 338 g/mol. The fourth-order valence-corrected chi connectivity index (χ4v) is 3.98. The van der Waals surface area contributed by atoms with Crippen molar-refractivity contribution in [3.05, 3.63) is 57.3 Å². The summed E-state index contributed by atoms with van der Waals surface area (Å²) >= 11 is 0. The van der Waals surface area contributed by atoms with Gasteiger partial charge in [-0.15, -0.1) is 0 Å². The van der Waals surface area contributed by atoms with Gasteiger partial charge in [0.15, 0.2) is 0 Å². The highest BCUT2D eigenvalue weighted by molar-refractivity contribution is 5.47. The van der Waals surface area contributed by atoms with Gasteiger partial charge in [-0.3, -0.25) is 9.69 Å². The minimum Gasteiger partial charge on any atom is -0.372 e. The van der Waals surface area contributed by atoms with E-state index in [1.54, 1.807) is 0 Å². The van der Waals surface area contributed by atoms with E-state index in [9.17, 15) is 4.79 Å². The third-order valence-corrected chi connectivity index (χ3v) is 5.33. The molecule has 1 fully saturated rings. The largest absolute Gasteiger partial charge is 0.372 e. The van der Waals surface area contributed by atoms with Crippen molar-refractivity contribution >= 4 is 5.69 Å². The molecule has 0 amide bonds. The van der Waals surface area contributed by atoms with Crippen LogP contribution in [0.5, 0.6) is 0 Å². The molecule has 2 aliphatic heterocycles. The van der Waals surface area contributed by atoms with Crippen LogP contribution in [0.25, 0.3) is 0 Å². The Morgan fingerprint density at radius 2 is 1.84 bits per heavy atom. The highest BCUT2D eigenvalue weighted by Gasteiger charge is 2.20. The van der Waals surface area contributed by atoms with E-state index in [2.05, 4.69) is 44.0 Å². The molecule has 0 radical (unpaired) electrons. The first-order valence-electron chi connectivity index (χ1n) is 9.34. The van der Waals surface area contributed by atoms with Gasteiger partial charge in [-0.2, -0.15) is 0 Å². The highest BCUT2D eigenvalue weighted by Crippen LogP contribution is 2.22. The number of hydrogen-bond donors (Lipinski definition) is 1. The van der Waals surface area contributed by atoms with Gasteiger partial charge in [-0.25, -0.2) is 4.98 Å². The van der Waals surface area contributed by atoms with Crippen molar-refractivity contribution in [3.8, 4) is 0 Å². The lowest BCUT2D eigenvalue weighted by molar-refractivity contribution is 0.240. The van der Waals surface area contributed by atoms with Crippen molar-refractivity contribution in [3.63, 3.8) is 0 Å². The third kappa shape index (κ3) is 3.61. The van der Waals surface area contributed by atoms with Gasteiger partial charge in [-0.1, -0.05) is 12.1 Å². The average molecular weight is 338 g/mol. The topological polar surface area (TPSA) is 52.2 Å². The zero-order valence-electron chi connectivity index (χ0n) is 14.9. The molecule has 0 bridgehead atoms. The van der Waals surface area contributed by atoms with Crippen molar-refractivity contribution in [1.29, 1.82) is 0 Å². The number of anilines is 1. The van der Waals surface area contributed by atoms with Gasteiger partial charge in [0, 0.05) is 44.0 Å². The summed E-state index contributed by atoms with van der Waals surface area (Å²) < 4.78 is 0. The second-order valence-electron chi connectivity index (χ2n) is 7.25. The molecule has 2 aromatic rings. The molecule has 0 aliphatic carbocycles. The molecule has 3 heterocycles. The number of nitrogens with zero attached hydrogens (tertiary/aromatic N) is 3. The first-order chi connectivity index (χ1) is 12.2. The molecule has 2 aliphatic rings. The maximum Gasteiger partial charge on any atom is 0.254 e. The van der Waals surface area contributed by atoms with Crippen molar-refractivity contribution in [1.82, 2.24) is 14.9 Å². The molecule has 1 saturated heterocycles. The maximum atomic E-state index is 12.0. The molecular weight excluding hydrogens is 312 g/mol. The van der Waals surface area contributed by atoms with E-state index in [-0.39, 0.29) is 5.56 Å². The Hall–Kier alpha value is -2.14. The first-order valence-corrected chi connectivity index (χ1v) is 9.34. The Labute approximate surface area is 148 Å². The van der Waals surface area contributed by atoms with Crippen LogP contribution in [-0.2, 0) is 19.5 Å². The van der Waals surface area contributed by atoms with E-state index in [1.807, 2.05) is 6.92 Å². The molecule has 5 nitrogen and oxygen atoms in total. The van der Waals surface area contributed by atoms with Crippen LogP contribution in [0.15, 0.2) is 29.1 Å². The standard InChI is InChI=1S/C20H26N4O/c1-15-21-19-14-23(12-9-18(19)20(25)22-15)13-16-5-7-17(8-6-16)24-10-3-2-4-11-24/h5-8H,2-4,9-14H2,1H3,(H,21,22,25). The third-order valence-electron chi connectivity index (χ3n) is 5.33. The summed E-state index contributed by atoms with van der Waals surface area (Å²) in [5.74, 6) is 0.705. The Bertz CT molecular complexity index is 790. The Morgan fingerprint density at radius 1 is 1.08 bits per heavy atom. The summed E-state index contributed by atoms with van der Waals surface area (Å²) in [7, 11) is 0. The van der Waals surface area contributed by atoms with Crippen molar-refractivity contribution in [2.45, 2.75) is 45.7 Å². The highest BCUT2D eigenvalue weighted by atomic mass is 16.1. The number of fused-ring (bicyclic) bond motifs is 1. The summed E-state index contributed by atoms with van der Waals surface area (Å²) in [5, 5.41) is 0. The predicted octanol–water partition coefficient (Wildman–Crippen LogP) is 2.63. The minimum absolute atomic E-state index is 0.0352. The molecule has 1 N–H and O–H groups in total. The zero-order valence-corrected chi connectivity index (χ0v) is 14.9. The maximum absolute atomic E-state index is 12.0. The summed E-state index contributed by atoms with van der Waals surface area (Å²) in [6.07, 6.45) is 4.76. The predicted molar refractivity (Wildman–Crippen MR) is 99.9 cm³/mol. The number of nitrogens with one attached hydrogen (secondary N) is 1. The van der Waals surface area contributed by atoms with Gasteiger partial charge in [0.1, 0.15) is 5.82 Å². The molecule has 0 spiro atoms. The molecular formula is C20H26N4O. The quantitative estimate of drug-likeness (QED) is 0.935. The van der Waals surface area contributed by atoms with Crippen LogP contribution in [0.4, 0.5) is 5.69 Å². The molecule has 0 atom stereocenters. The normalized spacial score (nSPS) is 18.2. The number of aromatic amines is 1. The van der Waals surface area contributed by atoms with Crippen LogP contribution >= 0.6 is 0 Å². The molecule has 1 aromatic heterocycles. The number of H-pyrrole nitrogens is 1. The molecule has 5 heteroatoms. The Morgan fingerprint density at radius 3 is 2.60 bits per heavy atom. The van der Waals surface area contributed by atoms with E-state index in [1.165, 1.54) is 43.6 Å². The van der Waals surface area contributed by atoms with Gasteiger partial charge in [0.05, 0.1) is 5.69 Å². The number of benzene rings is 1. The van der Waals surface area contributed by atoms with Crippen LogP contribution in [0.2, 0.25) is 0 Å². The SMILES string of the molecule is Cc1nc2c(c(=O)[nH]1)CCN(Cc1ccc(N3CCCCC3)cc1)C2. The van der Waals surface area contributed by atoms with Gasteiger partial charge in [0.2, 0.25) is 0 Å². The Balaban J connectivity index is 1.43. The number of aromatic nitrogens is 2. The Kier molecular flexibility index (Phi) is 4.57. The van der Waals surface area contributed by atoms with E-state index >= 15 is 0 Å². The van der Waals surface area contributed by atoms with Crippen molar-refractivity contribution in [2.75, 3.05) is 24.5 Å². The number of aryl methyl sites for hydroxylation is 1. The van der Waals surface area contributed by atoms with E-state index in [4.69, 9.17) is 0 Å². The second-order valence-corrected chi connectivity index (χ2v) is 7.25. The summed E-state index contributed by atoms with van der Waals surface area (Å²) in [4.78, 5) is 24.2. The van der Waals surface area contributed by atoms with Gasteiger partial charge >= 0.3 is 0 Å². The molecule has 0 unspecified atom stereocenters. The number of rotatable bonds is 3. The average Bonchev–Trinajstić information content (AvgIpc) is 2.63. The van der Waals surface area contributed by atoms with E-state index < -0.39 is 0 Å². The minimum atomic E-state index is 0.0352. The lowest BCUT2D eigenvalue weighted by Gasteiger charge is -2.30. The van der Waals surface area contributed by atoms with Crippen LogP contribution in [-0.4, -0.2) is 34.5 Å². The summed E-state index contributed by atoms with van der Waals surface area (Å²) in [6.45, 7) is 6.79. The van der Waals surface area contributed by atoms with Crippen LogP contribution < -0.4 is 10.5 Å². The molecule has 0 saturated carbocycles. The molecule has 25 heavy (non-hydrogen) atoms. The van der Waals surface area contributed by atoms with E-state index in [0.29, 0.717) is 5.82 Å². The molecule has 1 aromatic carbocycles. The lowest BCUT2D eigenvalue weighted by Crippen LogP contribution is -2.35. The lowest BCUT2D eigenvalue weighted by atomic mass is 10.1. The summed E-state index contributed by atoms with van der Waals surface area (Å²) in [5.41, 5.74) is 4.51. The van der Waals surface area contributed by atoms with E-state index in [0.717, 1.165) is 37.3 Å². The second kappa shape index (κ2) is 7.00. The van der Waals surface area contributed by atoms with Crippen LogP contribution in [0, 0.1) is 6.92 Å². The summed E-state index contributed by atoms with van der Waals surface area (Å²) in [6, 6.07) is 9.00. The first kappa shape index (κ1) is 16.3. The smallest absolute Gasteiger partial charge is 0.254 e. The van der Waals surface area contributed by atoms with Crippen molar-refractivity contribution < 1.29 is 0 Å². The van der Waals surface area contributed by atoms with Gasteiger partial charge < -0.3 is 9.88 Å². The zero-order chi connectivity index (χ0) is 17.2. The van der Waals surface area contributed by atoms with Crippen LogP contribution in [0.1, 0.15) is 41.9 Å². The van der Waals surface area contributed by atoms with Crippen LogP contribution in [0.3, 0.4) is 0 Å². The fraction of sp³-hybridized carbons (Fsp3) is 0.500. The van der Waals surface area contributed by atoms with Crippen molar-refractivity contribution in [2.24, 2.45) is 0 Å².